The van der Waals surface area contributed by atoms with E-state index in [4.69, 9.17) is 4.74 Å². The van der Waals surface area contributed by atoms with Gasteiger partial charge in [0.1, 0.15) is 5.75 Å². The Bertz CT molecular complexity index is 709. The lowest BCUT2D eigenvalue weighted by Crippen LogP contribution is -2.48. The summed E-state index contributed by atoms with van der Waals surface area (Å²) in [4.78, 5) is 16.8. The van der Waals surface area contributed by atoms with Gasteiger partial charge in [-0.25, -0.2) is 0 Å². The van der Waals surface area contributed by atoms with Crippen LogP contribution in [0.5, 0.6) is 5.75 Å². The molecule has 1 amide bonds. The Labute approximate surface area is 162 Å². The molecule has 2 aromatic rings. The molecule has 1 aliphatic heterocycles. The van der Waals surface area contributed by atoms with Crippen molar-refractivity contribution in [2.75, 3.05) is 32.8 Å². The quantitative estimate of drug-likeness (QED) is 0.665. The lowest BCUT2D eigenvalue weighted by atomic mass is 10.2. The molecule has 4 nitrogen and oxygen atoms in total. The van der Waals surface area contributed by atoms with Crippen molar-refractivity contribution in [2.45, 2.75) is 32.7 Å². The number of aryl methyl sites for hydroxylation is 1. The summed E-state index contributed by atoms with van der Waals surface area (Å²) in [5.74, 6) is 1.20. The van der Waals surface area contributed by atoms with Gasteiger partial charge in [-0.2, -0.15) is 0 Å². The van der Waals surface area contributed by atoms with Crippen molar-refractivity contribution in [3.8, 4) is 5.75 Å². The molecule has 0 bridgehead atoms. The molecule has 0 atom stereocenters. The van der Waals surface area contributed by atoms with Crippen molar-refractivity contribution >= 4 is 5.91 Å². The molecule has 0 unspecified atom stereocenters. The predicted molar refractivity (Wildman–Crippen MR) is 109 cm³/mol. The minimum atomic E-state index is 0.282. The summed E-state index contributed by atoms with van der Waals surface area (Å²) in [5, 5.41) is 0. The summed E-state index contributed by atoms with van der Waals surface area (Å²) in [6.45, 7) is 7.29. The highest BCUT2D eigenvalue weighted by atomic mass is 16.5. The highest BCUT2D eigenvalue weighted by molar-refractivity contribution is 5.76. The number of amides is 1. The number of piperazine rings is 1. The van der Waals surface area contributed by atoms with Gasteiger partial charge in [-0.05, 0) is 43.0 Å². The Hall–Kier alpha value is -2.33. The zero-order valence-corrected chi connectivity index (χ0v) is 16.3. The Morgan fingerprint density at radius 1 is 0.963 bits per heavy atom. The molecule has 3 rings (SSSR count). The van der Waals surface area contributed by atoms with Gasteiger partial charge in [0, 0.05) is 39.1 Å². The van der Waals surface area contributed by atoms with E-state index in [2.05, 4.69) is 42.2 Å². The summed E-state index contributed by atoms with van der Waals surface area (Å²) in [6.07, 6.45) is 2.42. The highest BCUT2D eigenvalue weighted by Gasteiger charge is 2.20. The van der Waals surface area contributed by atoms with Gasteiger partial charge in [0.2, 0.25) is 5.91 Å². The van der Waals surface area contributed by atoms with Crippen LogP contribution in [0.25, 0.3) is 0 Å². The van der Waals surface area contributed by atoms with Crippen LogP contribution in [0.15, 0.2) is 54.6 Å². The molecular weight excluding hydrogens is 336 g/mol. The first-order chi connectivity index (χ1) is 13.2. The van der Waals surface area contributed by atoms with Crippen molar-refractivity contribution in [1.29, 1.82) is 0 Å². The molecule has 1 saturated heterocycles. The number of carbonyl (C=O) groups excluding carboxylic acids is 1. The topological polar surface area (TPSA) is 32.8 Å². The van der Waals surface area contributed by atoms with E-state index in [0.29, 0.717) is 13.0 Å². The average Bonchev–Trinajstić information content (AvgIpc) is 2.69. The van der Waals surface area contributed by atoms with E-state index in [-0.39, 0.29) is 5.91 Å². The van der Waals surface area contributed by atoms with Gasteiger partial charge in [0.05, 0.1) is 6.61 Å². The Kier molecular flexibility index (Phi) is 7.28. The normalized spacial score (nSPS) is 14.9. The summed E-state index contributed by atoms with van der Waals surface area (Å²) < 4.78 is 5.75. The Morgan fingerprint density at radius 2 is 1.74 bits per heavy atom. The van der Waals surface area contributed by atoms with Gasteiger partial charge in [0.15, 0.2) is 0 Å². The third kappa shape index (κ3) is 6.40. The van der Waals surface area contributed by atoms with Gasteiger partial charge in [0.25, 0.3) is 0 Å². The average molecular weight is 367 g/mol. The summed E-state index contributed by atoms with van der Waals surface area (Å²) >= 11 is 0. The fourth-order valence-corrected chi connectivity index (χ4v) is 3.43. The maximum Gasteiger partial charge on any atom is 0.222 e. The second kappa shape index (κ2) is 10.1. The number of hydrogen-bond donors (Lipinski definition) is 0. The van der Waals surface area contributed by atoms with E-state index < -0.39 is 0 Å². The molecule has 4 heteroatoms. The third-order valence-corrected chi connectivity index (χ3v) is 5.02. The van der Waals surface area contributed by atoms with Crippen LogP contribution < -0.4 is 4.74 Å². The van der Waals surface area contributed by atoms with Gasteiger partial charge in [-0.15, -0.1) is 0 Å². The first-order valence-electron chi connectivity index (χ1n) is 9.94. The number of rotatable bonds is 8. The molecule has 1 fully saturated rings. The monoisotopic (exact) mass is 366 g/mol. The van der Waals surface area contributed by atoms with Crippen LogP contribution in [-0.4, -0.2) is 48.5 Å². The minimum absolute atomic E-state index is 0.282. The minimum Gasteiger partial charge on any atom is -0.494 e. The SMILES string of the molecule is Cc1cccc(OCCCCC(=O)N2CCN(Cc3ccccc3)CC2)c1. The molecule has 144 valence electrons. The van der Waals surface area contributed by atoms with Crippen LogP contribution in [0.3, 0.4) is 0 Å². The predicted octanol–water partition coefficient (Wildman–Crippen LogP) is 3.89. The fourth-order valence-electron chi connectivity index (χ4n) is 3.43. The Balaban J connectivity index is 1.29. The molecule has 0 N–H and O–H groups in total. The maximum absolute atomic E-state index is 12.4. The molecular formula is C23H30N2O2. The number of ether oxygens (including phenoxy) is 1. The Morgan fingerprint density at radius 3 is 2.48 bits per heavy atom. The van der Waals surface area contributed by atoms with Crippen molar-refractivity contribution in [2.24, 2.45) is 0 Å². The zero-order chi connectivity index (χ0) is 18.9. The molecule has 0 aromatic heterocycles. The maximum atomic E-state index is 12.4. The van der Waals surface area contributed by atoms with Crippen LogP contribution in [0.4, 0.5) is 0 Å². The van der Waals surface area contributed by atoms with Crippen molar-refractivity contribution in [3.63, 3.8) is 0 Å². The molecule has 2 aromatic carbocycles. The summed E-state index contributed by atoms with van der Waals surface area (Å²) in [6, 6.07) is 18.6. The van der Waals surface area contributed by atoms with E-state index >= 15 is 0 Å². The lowest BCUT2D eigenvalue weighted by Gasteiger charge is -2.34. The molecule has 1 aliphatic rings. The van der Waals surface area contributed by atoms with Crippen LogP contribution in [0.2, 0.25) is 0 Å². The second-order valence-electron chi connectivity index (χ2n) is 7.26. The molecule has 0 spiro atoms. The number of carbonyl (C=O) groups is 1. The van der Waals surface area contributed by atoms with Crippen LogP contribution in [0.1, 0.15) is 30.4 Å². The molecule has 0 aliphatic carbocycles. The van der Waals surface area contributed by atoms with Crippen molar-refractivity contribution in [3.05, 3.63) is 65.7 Å². The number of hydrogen-bond acceptors (Lipinski definition) is 3. The lowest BCUT2D eigenvalue weighted by molar-refractivity contribution is -0.133. The van der Waals surface area contributed by atoms with Crippen LogP contribution in [0, 0.1) is 6.92 Å². The van der Waals surface area contributed by atoms with Gasteiger partial charge >= 0.3 is 0 Å². The highest BCUT2D eigenvalue weighted by Crippen LogP contribution is 2.14. The standard InChI is InChI=1S/C23H30N2O2/c1-20-8-7-11-22(18-20)27-17-6-5-12-23(26)25-15-13-24(14-16-25)19-21-9-3-2-4-10-21/h2-4,7-11,18H,5-6,12-17,19H2,1H3. The largest absolute Gasteiger partial charge is 0.494 e. The summed E-state index contributed by atoms with van der Waals surface area (Å²) in [5.41, 5.74) is 2.54. The number of unbranched alkanes of at least 4 members (excludes halogenated alkanes) is 1. The van der Waals surface area contributed by atoms with E-state index in [9.17, 15) is 4.79 Å². The van der Waals surface area contributed by atoms with E-state index in [1.165, 1.54) is 11.1 Å². The molecule has 1 heterocycles. The fraction of sp³-hybridized carbons (Fsp3) is 0.435. The summed E-state index contributed by atoms with van der Waals surface area (Å²) in [7, 11) is 0. The first-order valence-corrected chi connectivity index (χ1v) is 9.94. The van der Waals surface area contributed by atoms with Crippen LogP contribution in [-0.2, 0) is 11.3 Å². The molecule has 27 heavy (non-hydrogen) atoms. The zero-order valence-electron chi connectivity index (χ0n) is 16.3. The van der Waals surface area contributed by atoms with Gasteiger partial charge in [-0.3, -0.25) is 9.69 Å². The van der Waals surface area contributed by atoms with E-state index in [1.54, 1.807) is 0 Å². The smallest absolute Gasteiger partial charge is 0.222 e. The first kappa shape index (κ1) is 19.4. The van der Waals surface area contributed by atoms with E-state index in [0.717, 1.165) is 51.3 Å². The third-order valence-electron chi connectivity index (χ3n) is 5.02. The van der Waals surface area contributed by atoms with Gasteiger partial charge < -0.3 is 9.64 Å². The van der Waals surface area contributed by atoms with E-state index in [1.807, 2.05) is 29.2 Å². The van der Waals surface area contributed by atoms with Gasteiger partial charge in [-0.1, -0.05) is 42.5 Å². The van der Waals surface area contributed by atoms with Crippen molar-refractivity contribution in [1.82, 2.24) is 9.80 Å². The van der Waals surface area contributed by atoms with Crippen molar-refractivity contribution < 1.29 is 9.53 Å². The molecule has 0 saturated carbocycles. The van der Waals surface area contributed by atoms with Crippen LogP contribution >= 0.6 is 0 Å². The molecule has 0 radical (unpaired) electrons. The second-order valence-corrected chi connectivity index (χ2v) is 7.26. The number of nitrogens with zero attached hydrogens (tertiary/aromatic N) is 2. The number of benzene rings is 2.